The first kappa shape index (κ1) is 14.0. The maximum atomic E-state index is 13.2. The third-order valence-corrected chi connectivity index (χ3v) is 2.04. The number of carbonyl (C=O) groups is 2. The molecule has 2 N–H and O–H groups in total. The molecular weight excluding hydrogens is 239 g/mol. The van der Waals surface area contributed by atoms with E-state index in [2.05, 4.69) is 15.4 Å². The summed E-state index contributed by atoms with van der Waals surface area (Å²) in [6, 6.07) is 5.88. The summed E-state index contributed by atoms with van der Waals surface area (Å²) in [6.07, 6.45) is -0.524. The van der Waals surface area contributed by atoms with Crippen LogP contribution in [-0.4, -0.2) is 25.2 Å². The molecule has 0 heterocycles. The highest BCUT2D eigenvalue weighted by Gasteiger charge is 2.07. The summed E-state index contributed by atoms with van der Waals surface area (Å²) in [5.74, 6) is -0.874. The monoisotopic (exact) mass is 254 g/mol. The number of carbonyl (C=O) groups excluding carboxylic acids is 2. The Morgan fingerprint density at radius 3 is 2.72 bits per heavy atom. The third kappa shape index (κ3) is 4.82. The van der Waals surface area contributed by atoms with Crippen molar-refractivity contribution in [2.24, 2.45) is 0 Å². The van der Waals surface area contributed by atoms with Crippen LogP contribution in [-0.2, 0) is 9.53 Å². The van der Waals surface area contributed by atoms with Gasteiger partial charge >= 0.3 is 6.09 Å². The lowest BCUT2D eigenvalue weighted by Crippen LogP contribution is -2.28. The molecule has 2 amide bonds. The van der Waals surface area contributed by atoms with Gasteiger partial charge in [-0.2, -0.15) is 0 Å². The molecule has 0 fully saturated rings. The number of para-hydroxylation sites is 1. The Morgan fingerprint density at radius 2 is 2.06 bits per heavy atom. The van der Waals surface area contributed by atoms with Crippen LogP contribution in [0.4, 0.5) is 14.9 Å². The van der Waals surface area contributed by atoms with Crippen LogP contribution < -0.4 is 10.6 Å². The second kappa shape index (κ2) is 7.26. The highest BCUT2D eigenvalue weighted by Crippen LogP contribution is 2.12. The van der Waals surface area contributed by atoms with Crippen LogP contribution in [0.3, 0.4) is 0 Å². The second-order valence-corrected chi connectivity index (χ2v) is 3.43. The van der Waals surface area contributed by atoms with Gasteiger partial charge in [-0.15, -0.1) is 0 Å². The van der Waals surface area contributed by atoms with Crippen LogP contribution >= 0.6 is 0 Å². The van der Waals surface area contributed by atoms with Crippen molar-refractivity contribution >= 4 is 17.7 Å². The van der Waals surface area contributed by atoms with Crippen molar-refractivity contribution < 1.29 is 18.7 Å². The summed E-state index contributed by atoms with van der Waals surface area (Å²) in [4.78, 5) is 22.3. The van der Waals surface area contributed by atoms with Gasteiger partial charge in [0.15, 0.2) is 0 Å². The molecule has 0 aliphatic carbocycles. The average molecular weight is 254 g/mol. The third-order valence-electron chi connectivity index (χ3n) is 2.04. The molecule has 0 aliphatic rings. The Labute approximate surface area is 104 Å². The van der Waals surface area contributed by atoms with Crippen LogP contribution in [0.5, 0.6) is 0 Å². The Bertz CT molecular complexity index is 424. The zero-order chi connectivity index (χ0) is 13.4. The lowest BCUT2D eigenvalue weighted by molar-refractivity contribution is -0.116. The van der Waals surface area contributed by atoms with Crippen molar-refractivity contribution in [1.29, 1.82) is 0 Å². The Balaban J connectivity index is 2.30. The van der Waals surface area contributed by atoms with E-state index >= 15 is 0 Å². The Kier molecular flexibility index (Phi) is 5.63. The number of benzene rings is 1. The molecule has 0 atom stereocenters. The van der Waals surface area contributed by atoms with Crippen LogP contribution in [0.15, 0.2) is 24.3 Å². The fraction of sp³-hybridized carbons (Fsp3) is 0.333. The first-order valence-corrected chi connectivity index (χ1v) is 5.58. The van der Waals surface area contributed by atoms with Gasteiger partial charge < -0.3 is 15.4 Å². The van der Waals surface area contributed by atoms with E-state index in [1.807, 2.05) is 0 Å². The van der Waals surface area contributed by atoms with Crippen LogP contribution in [0, 0.1) is 5.82 Å². The molecule has 0 saturated carbocycles. The fourth-order valence-electron chi connectivity index (χ4n) is 1.24. The number of hydrogen-bond donors (Lipinski definition) is 2. The first-order chi connectivity index (χ1) is 8.63. The molecule has 0 radical (unpaired) electrons. The molecule has 5 nitrogen and oxygen atoms in total. The molecule has 0 aliphatic heterocycles. The normalized spacial score (nSPS) is 9.67. The predicted molar refractivity (Wildman–Crippen MR) is 64.7 cm³/mol. The summed E-state index contributed by atoms with van der Waals surface area (Å²) in [5, 5.41) is 4.81. The number of alkyl carbamates (subject to hydrolysis) is 1. The molecule has 1 aromatic rings. The van der Waals surface area contributed by atoms with Gasteiger partial charge in [0.2, 0.25) is 5.91 Å². The molecule has 0 bridgehead atoms. The molecule has 18 heavy (non-hydrogen) atoms. The zero-order valence-corrected chi connectivity index (χ0v) is 10.0. The number of halogens is 1. The molecule has 0 spiro atoms. The standard InChI is InChI=1S/C12H15FN2O3/c1-2-18-12(17)14-8-7-11(16)15-10-6-4-3-5-9(10)13/h3-6H,2,7-8H2,1H3,(H,14,17)(H,15,16). The van der Waals surface area contributed by atoms with Crippen molar-refractivity contribution in [3.8, 4) is 0 Å². The highest BCUT2D eigenvalue weighted by atomic mass is 19.1. The van der Waals surface area contributed by atoms with E-state index in [4.69, 9.17) is 0 Å². The molecule has 0 saturated heterocycles. The minimum atomic E-state index is -0.573. The molecule has 1 rings (SSSR count). The van der Waals surface area contributed by atoms with Crippen molar-refractivity contribution in [2.75, 3.05) is 18.5 Å². The largest absolute Gasteiger partial charge is 0.450 e. The number of ether oxygens (including phenoxy) is 1. The maximum Gasteiger partial charge on any atom is 0.407 e. The van der Waals surface area contributed by atoms with Crippen LogP contribution in [0.2, 0.25) is 0 Å². The number of anilines is 1. The van der Waals surface area contributed by atoms with E-state index in [1.165, 1.54) is 18.2 Å². The van der Waals surface area contributed by atoms with Gasteiger partial charge in [0, 0.05) is 13.0 Å². The van der Waals surface area contributed by atoms with Gasteiger partial charge in [0.05, 0.1) is 12.3 Å². The van der Waals surface area contributed by atoms with Gasteiger partial charge in [-0.25, -0.2) is 9.18 Å². The molecule has 6 heteroatoms. The minimum absolute atomic E-state index is 0.0488. The van der Waals surface area contributed by atoms with Crippen LogP contribution in [0.1, 0.15) is 13.3 Å². The van der Waals surface area contributed by atoms with E-state index in [-0.39, 0.29) is 31.2 Å². The first-order valence-electron chi connectivity index (χ1n) is 5.58. The van der Waals surface area contributed by atoms with Crippen molar-refractivity contribution in [3.63, 3.8) is 0 Å². The zero-order valence-electron chi connectivity index (χ0n) is 10.0. The number of rotatable bonds is 5. The van der Waals surface area contributed by atoms with Gasteiger partial charge in [0.1, 0.15) is 5.82 Å². The summed E-state index contributed by atoms with van der Waals surface area (Å²) in [6.45, 7) is 2.09. The lowest BCUT2D eigenvalue weighted by atomic mass is 10.3. The van der Waals surface area contributed by atoms with Gasteiger partial charge in [-0.3, -0.25) is 4.79 Å². The molecule has 1 aromatic carbocycles. The minimum Gasteiger partial charge on any atom is -0.450 e. The molecule has 0 unspecified atom stereocenters. The quantitative estimate of drug-likeness (QED) is 0.843. The topological polar surface area (TPSA) is 67.4 Å². The number of hydrogen-bond acceptors (Lipinski definition) is 3. The molecular formula is C12H15FN2O3. The van der Waals surface area contributed by atoms with E-state index < -0.39 is 11.9 Å². The SMILES string of the molecule is CCOC(=O)NCCC(=O)Nc1ccccc1F. The summed E-state index contributed by atoms with van der Waals surface area (Å²) in [5.41, 5.74) is 0.124. The summed E-state index contributed by atoms with van der Waals surface area (Å²) < 4.78 is 17.8. The van der Waals surface area contributed by atoms with Gasteiger partial charge in [-0.05, 0) is 19.1 Å². The number of nitrogens with one attached hydrogen (secondary N) is 2. The maximum absolute atomic E-state index is 13.2. The van der Waals surface area contributed by atoms with E-state index in [1.54, 1.807) is 13.0 Å². The van der Waals surface area contributed by atoms with Crippen LogP contribution in [0.25, 0.3) is 0 Å². The lowest BCUT2D eigenvalue weighted by Gasteiger charge is -2.07. The van der Waals surface area contributed by atoms with E-state index in [0.717, 1.165) is 0 Å². The Morgan fingerprint density at radius 1 is 1.33 bits per heavy atom. The molecule has 98 valence electrons. The van der Waals surface area contributed by atoms with Crippen molar-refractivity contribution in [1.82, 2.24) is 5.32 Å². The Hall–Kier alpha value is -2.11. The summed E-state index contributed by atoms with van der Waals surface area (Å²) in [7, 11) is 0. The fourth-order valence-corrected chi connectivity index (χ4v) is 1.24. The van der Waals surface area contributed by atoms with Gasteiger partial charge in [-0.1, -0.05) is 12.1 Å². The van der Waals surface area contributed by atoms with Gasteiger partial charge in [0.25, 0.3) is 0 Å². The highest BCUT2D eigenvalue weighted by molar-refractivity contribution is 5.91. The number of amides is 2. The second-order valence-electron chi connectivity index (χ2n) is 3.43. The smallest absolute Gasteiger partial charge is 0.407 e. The molecule has 0 aromatic heterocycles. The van der Waals surface area contributed by atoms with Crippen molar-refractivity contribution in [3.05, 3.63) is 30.1 Å². The van der Waals surface area contributed by atoms with E-state index in [9.17, 15) is 14.0 Å². The average Bonchev–Trinajstić information content (AvgIpc) is 2.32. The van der Waals surface area contributed by atoms with Crippen molar-refractivity contribution in [2.45, 2.75) is 13.3 Å². The van der Waals surface area contributed by atoms with E-state index in [0.29, 0.717) is 0 Å². The predicted octanol–water partition coefficient (Wildman–Crippen LogP) is 1.90. The summed E-state index contributed by atoms with van der Waals surface area (Å²) >= 11 is 0.